The molecule has 2 aromatic rings. The Morgan fingerprint density at radius 2 is 1.48 bits per heavy atom. The SMILES string of the molecule is CCC(CC)NS(=O)(=O)c1ccc(NCCNS(=O)(=O)c2ccc(C)cc2)nc1. The van der Waals surface area contributed by atoms with Gasteiger partial charge in [-0.2, -0.15) is 0 Å². The zero-order valence-corrected chi connectivity index (χ0v) is 18.5. The number of anilines is 1. The first-order valence-electron chi connectivity index (χ1n) is 9.46. The van der Waals surface area contributed by atoms with E-state index in [1.807, 2.05) is 20.8 Å². The zero-order valence-electron chi connectivity index (χ0n) is 16.8. The molecule has 0 spiro atoms. The molecule has 1 heterocycles. The summed E-state index contributed by atoms with van der Waals surface area (Å²) in [6, 6.07) is 9.50. The third kappa shape index (κ3) is 6.77. The molecule has 0 saturated carbocycles. The predicted molar refractivity (Wildman–Crippen MR) is 114 cm³/mol. The van der Waals surface area contributed by atoms with Gasteiger partial charge in [-0.15, -0.1) is 0 Å². The number of nitrogens with one attached hydrogen (secondary N) is 3. The second kappa shape index (κ2) is 10.1. The first-order valence-corrected chi connectivity index (χ1v) is 12.4. The topological polar surface area (TPSA) is 117 Å². The van der Waals surface area contributed by atoms with Crippen molar-refractivity contribution in [2.45, 2.75) is 49.4 Å². The predicted octanol–water partition coefficient (Wildman–Crippen LogP) is 2.25. The molecule has 10 heteroatoms. The van der Waals surface area contributed by atoms with E-state index in [0.29, 0.717) is 25.2 Å². The molecule has 0 amide bonds. The van der Waals surface area contributed by atoms with Crippen molar-refractivity contribution >= 4 is 25.9 Å². The lowest BCUT2D eigenvalue weighted by atomic mass is 10.2. The van der Waals surface area contributed by atoms with Crippen LogP contribution in [0.5, 0.6) is 0 Å². The molecule has 29 heavy (non-hydrogen) atoms. The van der Waals surface area contributed by atoms with Crippen molar-refractivity contribution in [2.75, 3.05) is 18.4 Å². The van der Waals surface area contributed by atoms with Gasteiger partial charge in [0.2, 0.25) is 20.0 Å². The minimum atomic E-state index is -3.61. The summed E-state index contributed by atoms with van der Waals surface area (Å²) in [5.41, 5.74) is 0.984. The Hall–Kier alpha value is -2.01. The van der Waals surface area contributed by atoms with Gasteiger partial charge < -0.3 is 5.32 Å². The Labute approximate surface area is 173 Å². The molecule has 0 aliphatic heterocycles. The average Bonchev–Trinajstić information content (AvgIpc) is 2.70. The Morgan fingerprint density at radius 1 is 0.862 bits per heavy atom. The van der Waals surface area contributed by atoms with Crippen LogP contribution >= 0.6 is 0 Å². The number of aryl methyl sites for hydroxylation is 1. The zero-order chi connectivity index (χ0) is 21.5. The van der Waals surface area contributed by atoms with Crippen LogP contribution in [-0.2, 0) is 20.0 Å². The highest BCUT2D eigenvalue weighted by atomic mass is 32.2. The largest absolute Gasteiger partial charge is 0.369 e. The van der Waals surface area contributed by atoms with Gasteiger partial charge in [-0.05, 0) is 44.0 Å². The van der Waals surface area contributed by atoms with Crippen LogP contribution in [0.15, 0.2) is 52.4 Å². The summed E-state index contributed by atoms with van der Waals surface area (Å²) in [6.45, 7) is 6.20. The number of benzene rings is 1. The van der Waals surface area contributed by atoms with E-state index in [0.717, 1.165) is 5.56 Å². The normalized spacial score (nSPS) is 12.3. The van der Waals surface area contributed by atoms with Gasteiger partial charge in [0.15, 0.2) is 0 Å². The molecule has 0 atom stereocenters. The van der Waals surface area contributed by atoms with Gasteiger partial charge in [0.25, 0.3) is 0 Å². The van der Waals surface area contributed by atoms with Crippen LogP contribution in [0.4, 0.5) is 5.82 Å². The maximum Gasteiger partial charge on any atom is 0.242 e. The highest BCUT2D eigenvalue weighted by Gasteiger charge is 2.18. The Balaban J connectivity index is 1.88. The van der Waals surface area contributed by atoms with Crippen LogP contribution in [0.25, 0.3) is 0 Å². The van der Waals surface area contributed by atoms with E-state index in [9.17, 15) is 16.8 Å². The standard InChI is InChI=1S/C19H28N4O4S2/c1-4-16(5-2)23-29(26,27)18-10-11-19(21-14-18)20-12-13-22-28(24,25)17-8-6-15(3)7-9-17/h6-11,14,16,22-23H,4-5,12-13H2,1-3H3,(H,20,21). The summed E-state index contributed by atoms with van der Waals surface area (Å²) in [7, 11) is -7.18. The van der Waals surface area contributed by atoms with Crippen LogP contribution in [0.1, 0.15) is 32.3 Å². The number of aromatic nitrogens is 1. The highest BCUT2D eigenvalue weighted by molar-refractivity contribution is 7.89. The molecule has 2 rings (SSSR count). The van der Waals surface area contributed by atoms with Crippen LogP contribution < -0.4 is 14.8 Å². The average molecular weight is 441 g/mol. The maximum atomic E-state index is 12.3. The van der Waals surface area contributed by atoms with Gasteiger partial charge >= 0.3 is 0 Å². The molecule has 1 aromatic carbocycles. The smallest absolute Gasteiger partial charge is 0.242 e. The maximum absolute atomic E-state index is 12.3. The molecule has 1 aromatic heterocycles. The first kappa shape index (κ1) is 23.3. The van der Waals surface area contributed by atoms with Crippen molar-refractivity contribution in [3.63, 3.8) is 0 Å². The van der Waals surface area contributed by atoms with Crippen molar-refractivity contribution in [2.24, 2.45) is 0 Å². The third-order valence-corrected chi connectivity index (χ3v) is 7.39. The molecule has 0 radical (unpaired) electrons. The lowest BCUT2D eigenvalue weighted by molar-refractivity contribution is 0.530. The third-order valence-electron chi connectivity index (χ3n) is 4.41. The van der Waals surface area contributed by atoms with Crippen LogP contribution in [0.3, 0.4) is 0 Å². The Kier molecular flexibility index (Phi) is 8.14. The second-order valence-corrected chi connectivity index (χ2v) is 10.1. The van der Waals surface area contributed by atoms with Gasteiger partial charge in [0, 0.05) is 25.3 Å². The second-order valence-electron chi connectivity index (χ2n) is 6.65. The van der Waals surface area contributed by atoms with Crippen molar-refractivity contribution < 1.29 is 16.8 Å². The van der Waals surface area contributed by atoms with Gasteiger partial charge in [0.05, 0.1) is 4.90 Å². The van der Waals surface area contributed by atoms with E-state index < -0.39 is 20.0 Å². The van der Waals surface area contributed by atoms with E-state index in [4.69, 9.17) is 0 Å². The number of sulfonamides is 2. The first-order chi connectivity index (χ1) is 13.7. The summed E-state index contributed by atoms with van der Waals surface area (Å²) < 4.78 is 54.3. The van der Waals surface area contributed by atoms with Crippen LogP contribution in [-0.4, -0.2) is 41.0 Å². The van der Waals surface area contributed by atoms with Gasteiger partial charge in [-0.25, -0.2) is 31.3 Å². The number of hydrogen-bond acceptors (Lipinski definition) is 6. The highest BCUT2D eigenvalue weighted by Crippen LogP contribution is 2.13. The molecule has 0 unspecified atom stereocenters. The molecule has 160 valence electrons. The molecular weight excluding hydrogens is 412 g/mol. The molecule has 0 aliphatic carbocycles. The molecule has 0 fully saturated rings. The molecular formula is C19H28N4O4S2. The minimum Gasteiger partial charge on any atom is -0.369 e. The van der Waals surface area contributed by atoms with Crippen LogP contribution in [0.2, 0.25) is 0 Å². The van der Waals surface area contributed by atoms with E-state index in [1.165, 1.54) is 12.3 Å². The number of pyridine rings is 1. The fourth-order valence-electron chi connectivity index (χ4n) is 2.56. The molecule has 0 bridgehead atoms. The monoisotopic (exact) mass is 440 g/mol. The van der Waals surface area contributed by atoms with Crippen molar-refractivity contribution in [3.05, 3.63) is 48.2 Å². The van der Waals surface area contributed by atoms with E-state index in [-0.39, 0.29) is 22.4 Å². The lowest BCUT2D eigenvalue weighted by Crippen LogP contribution is -2.33. The van der Waals surface area contributed by atoms with Gasteiger partial charge in [0.1, 0.15) is 10.7 Å². The summed E-state index contributed by atoms with van der Waals surface area (Å²) >= 11 is 0. The van der Waals surface area contributed by atoms with E-state index in [1.54, 1.807) is 30.3 Å². The molecule has 3 N–H and O–H groups in total. The van der Waals surface area contributed by atoms with E-state index in [2.05, 4.69) is 19.7 Å². The number of rotatable bonds is 11. The Bertz CT molecular complexity index is 986. The summed E-state index contributed by atoms with van der Waals surface area (Å²) in [5.74, 6) is 0.459. The van der Waals surface area contributed by atoms with Crippen molar-refractivity contribution in [3.8, 4) is 0 Å². The fraction of sp³-hybridized carbons (Fsp3) is 0.421. The van der Waals surface area contributed by atoms with Crippen molar-refractivity contribution in [1.29, 1.82) is 0 Å². The van der Waals surface area contributed by atoms with Crippen LogP contribution in [0, 0.1) is 6.92 Å². The summed E-state index contributed by atoms with van der Waals surface area (Å²) in [5, 5.41) is 2.97. The summed E-state index contributed by atoms with van der Waals surface area (Å²) in [6.07, 6.45) is 2.70. The van der Waals surface area contributed by atoms with Gasteiger partial charge in [-0.3, -0.25) is 0 Å². The number of nitrogens with zero attached hydrogens (tertiary/aromatic N) is 1. The number of hydrogen-bond donors (Lipinski definition) is 3. The lowest BCUT2D eigenvalue weighted by Gasteiger charge is -2.15. The minimum absolute atomic E-state index is 0.0926. The van der Waals surface area contributed by atoms with Gasteiger partial charge in [-0.1, -0.05) is 31.5 Å². The van der Waals surface area contributed by atoms with Crippen molar-refractivity contribution in [1.82, 2.24) is 14.4 Å². The Morgan fingerprint density at radius 3 is 2.03 bits per heavy atom. The molecule has 0 saturated heterocycles. The summed E-state index contributed by atoms with van der Waals surface area (Å²) in [4.78, 5) is 4.40. The fourth-order valence-corrected chi connectivity index (χ4v) is 4.94. The quantitative estimate of drug-likeness (QED) is 0.461. The molecule has 8 nitrogen and oxygen atoms in total. The molecule has 0 aliphatic rings. The van der Waals surface area contributed by atoms with E-state index >= 15 is 0 Å².